The fourth-order valence-corrected chi connectivity index (χ4v) is 2.61. The Hall–Kier alpha value is -1.09. The number of hydrogen-bond acceptors (Lipinski definition) is 1. The number of hydrogen-bond donors (Lipinski definition) is 0. The molecule has 0 aromatic heterocycles. The van der Waals surface area contributed by atoms with E-state index >= 15 is 0 Å². The number of aryl methyl sites for hydroxylation is 1. The van der Waals surface area contributed by atoms with Crippen LogP contribution in [0.5, 0.6) is 0 Å². The van der Waals surface area contributed by atoms with E-state index in [1.807, 2.05) is 0 Å². The first-order chi connectivity index (χ1) is 8.13. The molecule has 1 aliphatic rings. The molecule has 1 atom stereocenters. The zero-order chi connectivity index (χ0) is 12.4. The summed E-state index contributed by atoms with van der Waals surface area (Å²) in [6.07, 6.45) is 1.94. The van der Waals surface area contributed by atoms with Crippen molar-refractivity contribution in [2.45, 2.75) is 25.8 Å². The first-order valence-corrected chi connectivity index (χ1v) is 6.30. The van der Waals surface area contributed by atoms with Gasteiger partial charge in [0.25, 0.3) is 5.91 Å². The monoisotopic (exact) mass is 255 g/mol. The maximum Gasteiger partial charge on any atom is 0.254 e. The van der Waals surface area contributed by atoms with Gasteiger partial charge in [0.15, 0.2) is 0 Å². The van der Waals surface area contributed by atoms with E-state index in [4.69, 9.17) is 11.6 Å². The number of carbonyl (C=O) groups excluding carboxylic acids is 1. The van der Waals surface area contributed by atoms with Crippen LogP contribution < -0.4 is 0 Å². The summed E-state index contributed by atoms with van der Waals surface area (Å²) in [6, 6.07) is 4.38. The summed E-state index contributed by atoms with van der Waals surface area (Å²) in [5, 5.41) is 0. The van der Waals surface area contributed by atoms with Crippen LogP contribution in [0.2, 0.25) is 0 Å². The molecule has 92 valence electrons. The number of likely N-dealkylation sites (tertiary alicyclic amines) is 1. The highest BCUT2D eigenvalue weighted by Crippen LogP contribution is 2.22. The van der Waals surface area contributed by atoms with Crippen LogP contribution in [-0.4, -0.2) is 29.3 Å². The Balaban J connectivity index is 2.24. The van der Waals surface area contributed by atoms with E-state index in [0.29, 0.717) is 17.0 Å². The largest absolute Gasteiger partial charge is 0.334 e. The Morgan fingerprint density at radius 3 is 3.00 bits per heavy atom. The summed E-state index contributed by atoms with van der Waals surface area (Å²) in [5.74, 6) is 0.117. The molecule has 1 amide bonds. The molecule has 0 saturated carbocycles. The first-order valence-electron chi connectivity index (χ1n) is 5.76. The van der Waals surface area contributed by atoms with E-state index in [0.717, 1.165) is 19.4 Å². The van der Waals surface area contributed by atoms with Gasteiger partial charge in [0.2, 0.25) is 0 Å². The van der Waals surface area contributed by atoms with Crippen molar-refractivity contribution in [2.24, 2.45) is 0 Å². The number of carbonyl (C=O) groups is 1. The summed E-state index contributed by atoms with van der Waals surface area (Å²) in [5.41, 5.74) is 1.25. The molecular formula is C13H15ClFNO. The van der Waals surface area contributed by atoms with Crippen molar-refractivity contribution in [3.63, 3.8) is 0 Å². The van der Waals surface area contributed by atoms with Gasteiger partial charge in [-0.25, -0.2) is 4.39 Å². The molecule has 0 N–H and O–H groups in total. The third-order valence-corrected chi connectivity index (χ3v) is 3.59. The minimum atomic E-state index is -0.311. The predicted octanol–water partition coefficient (Wildman–Crippen LogP) is 2.98. The number of benzene rings is 1. The number of nitrogens with zero attached hydrogens (tertiary/aromatic N) is 1. The van der Waals surface area contributed by atoms with Crippen LogP contribution in [-0.2, 0) is 0 Å². The Morgan fingerprint density at radius 2 is 2.35 bits per heavy atom. The lowest BCUT2D eigenvalue weighted by Crippen LogP contribution is -2.36. The zero-order valence-corrected chi connectivity index (χ0v) is 10.5. The molecule has 0 aliphatic carbocycles. The molecule has 0 radical (unpaired) electrons. The zero-order valence-electron chi connectivity index (χ0n) is 9.75. The number of amides is 1. The molecule has 1 fully saturated rings. The van der Waals surface area contributed by atoms with E-state index in [9.17, 15) is 9.18 Å². The molecule has 1 aromatic carbocycles. The first kappa shape index (κ1) is 12.4. The van der Waals surface area contributed by atoms with Gasteiger partial charge in [-0.2, -0.15) is 0 Å². The lowest BCUT2D eigenvalue weighted by atomic mass is 10.1. The lowest BCUT2D eigenvalue weighted by molar-refractivity contribution is 0.0748. The second-order valence-corrected chi connectivity index (χ2v) is 4.72. The van der Waals surface area contributed by atoms with Crippen molar-refractivity contribution < 1.29 is 9.18 Å². The lowest BCUT2D eigenvalue weighted by Gasteiger charge is -2.23. The molecule has 17 heavy (non-hydrogen) atoms. The van der Waals surface area contributed by atoms with Crippen molar-refractivity contribution in [1.29, 1.82) is 0 Å². The maximum absolute atomic E-state index is 13.0. The Kier molecular flexibility index (Phi) is 3.67. The predicted molar refractivity (Wildman–Crippen MR) is 65.9 cm³/mol. The van der Waals surface area contributed by atoms with E-state index in [-0.39, 0.29) is 17.8 Å². The Morgan fingerprint density at radius 1 is 1.59 bits per heavy atom. The van der Waals surface area contributed by atoms with Gasteiger partial charge in [-0.05, 0) is 43.5 Å². The van der Waals surface area contributed by atoms with Gasteiger partial charge in [0.05, 0.1) is 0 Å². The van der Waals surface area contributed by atoms with Gasteiger partial charge in [-0.1, -0.05) is 0 Å². The normalized spacial score (nSPS) is 19.7. The topological polar surface area (TPSA) is 20.3 Å². The molecular weight excluding hydrogens is 241 g/mol. The second-order valence-electron chi connectivity index (χ2n) is 4.41. The minimum Gasteiger partial charge on any atom is -0.334 e. The molecule has 1 aliphatic heterocycles. The van der Waals surface area contributed by atoms with Crippen LogP contribution >= 0.6 is 11.6 Å². The van der Waals surface area contributed by atoms with Gasteiger partial charge < -0.3 is 4.90 Å². The third-order valence-electron chi connectivity index (χ3n) is 3.23. The van der Waals surface area contributed by atoms with Crippen molar-refractivity contribution in [3.05, 3.63) is 35.1 Å². The molecule has 1 aromatic rings. The van der Waals surface area contributed by atoms with Crippen LogP contribution in [0, 0.1) is 12.7 Å². The van der Waals surface area contributed by atoms with Gasteiger partial charge >= 0.3 is 0 Å². The molecule has 1 unspecified atom stereocenters. The van der Waals surface area contributed by atoms with Crippen molar-refractivity contribution in [3.8, 4) is 0 Å². The van der Waals surface area contributed by atoms with E-state index in [2.05, 4.69) is 0 Å². The van der Waals surface area contributed by atoms with Crippen molar-refractivity contribution >= 4 is 17.5 Å². The van der Waals surface area contributed by atoms with Crippen molar-refractivity contribution in [1.82, 2.24) is 4.90 Å². The second kappa shape index (κ2) is 5.05. The average molecular weight is 256 g/mol. The molecule has 2 nitrogen and oxygen atoms in total. The number of alkyl halides is 1. The summed E-state index contributed by atoms with van der Waals surface area (Å²) in [6.45, 7) is 2.50. The quantitative estimate of drug-likeness (QED) is 0.744. The highest BCUT2D eigenvalue weighted by Gasteiger charge is 2.29. The molecule has 0 bridgehead atoms. The Labute approximate surface area is 105 Å². The minimum absolute atomic E-state index is 0.0364. The van der Waals surface area contributed by atoms with Crippen LogP contribution in [0.15, 0.2) is 18.2 Å². The summed E-state index contributed by atoms with van der Waals surface area (Å²) in [4.78, 5) is 14.1. The number of rotatable bonds is 2. The molecule has 0 spiro atoms. The van der Waals surface area contributed by atoms with Crippen LogP contribution in [0.25, 0.3) is 0 Å². The smallest absolute Gasteiger partial charge is 0.254 e. The van der Waals surface area contributed by atoms with E-state index < -0.39 is 0 Å². The highest BCUT2D eigenvalue weighted by atomic mass is 35.5. The number of halogens is 2. The third kappa shape index (κ3) is 2.44. The summed E-state index contributed by atoms with van der Waals surface area (Å²) in [7, 11) is 0. The van der Waals surface area contributed by atoms with E-state index in [1.165, 1.54) is 12.1 Å². The van der Waals surface area contributed by atoms with Crippen LogP contribution in [0.1, 0.15) is 28.8 Å². The standard InChI is InChI=1S/C13H15ClFNO/c1-9-7-10(15)4-5-12(9)13(17)16-6-2-3-11(16)8-14/h4-5,7,11H,2-3,6,8H2,1H3. The molecule has 1 saturated heterocycles. The fourth-order valence-electron chi connectivity index (χ4n) is 2.29. The SMILES string of the molecule is Cc1cc(F)ccc1C(=O)N1CCCC1CCl. The van der Waals surface area contributed by atoms with Gasteiger partial charge in [0.1, 0.15) is 5.82 Å². The average Bonchev–Trinajstić information content (AvgIpc) is 2.76. The van der Waals surface area contributed by atoms with Gasteiger partial charge in [0, 0.05) is 24.0 Å². The Bertz CT molecular complexity index is 435. The molecule has 2 rings (SSSR count). The maximum atomic E-state index is 13.0. The van der Waals surface area contributed by atoms with Gasteiger partial charge in [-0.15, -0.1) is 11.6 Å². The molecule has 1 heterocycles. The summed E-state index contributed by atoms with van der Waals surface area (Å²) >= 11 is 5.85. The summed E-state index contributed by atoms with van der Waals surface area (Å²) < 4.78 is 13.0. The van der Waals surface area contributed by atoms with Gasteiger partial charge in [-0.3, -0.25) is 4.79 Å². The van der Waals surface area contributed by atoms with E-state index in [1.54, 1.807) is 17.9 Å². The highest BCUT2D eigenvalue weighted by molar-refractivity contribution is 6.18. The van der Waals surface area contributed by atoms with Crippen molar-refractivity contribution in [2.75, 3.05) is 12.4 Å². The fraction of sp³-hybridized carbons (Fsp3) is 0.462. The van der Waals surface area contributed by atoms with Crippen LogP contribution in [0.3, 0.4) is 0 Å². The molecule has 4 heteroatoms. The van der Waals surface area contributed by atoms with Crippen LogP contribution in [0.4, 0.5) is 4.39 Å².